The molecule has 12 heavy (non-hydrogen) atoms. The fourth-order valence-electron chi connectivity index (χ4n) is 2.00. The number of thiophene rings is 1. The molecule has 2 heteroatoms. The molecule has 0 radical (unpaired) electrons. The van der Waals surface area contributed by atoms with Crippen molar-refractivity contribution in [3.63, 3.8) is 0 Å². The smallest absolute Gasteiger partial charge is 0.0418 e. The molecule has 1 aliphatic carbocycles. The van der Waals surface area contributed by atoms with Crippen LogP contribution >= 0.6 is 11.3 Å². The molecular formula is C10H15NS. The van der Waals surface area contributed by atoms with Crippen molar-refractivity contribution in [3.8, 4) is 0 Å². The van der Waals surface area contributed by atoms with E-state index in [-0.39, 0.29) is 5.54 Å². The van der Waals surface area contributed by atoms with E-state index in [0.29, 0.717) is 0 Å². The normalized spacial score (nSPS) is 21.5. The van der Waals surface area contributed by atoms with Gasteiger partial charge in [-0.15, -0.1) is 11.3 Å². The van der Waals surface area contributed by atoms with Gasteiger partial charge in [-0.1, -0.05) is 12.8 Å². The van der Waals surface area contributed by atoms with E-state index in [1.165, 1.54) is 36.1 Å². The molecule has 0 amide bonds. The second-order valence-corrected chi connectivity index (χ2v) is 4.92. The highest BCUT2D eigenvalue weighted by molar-refractivity contribution is 7.10. The van der Waals surface area contributed by atoms with Gasteiger partial charge in [-0.25, -0.2) is 0 Å². The molecular weight excluding hydrogens is 166 g/mol. The van der Waals surface area contributed by atoms with Crippen molar-refractivity contribution in [1.82, 2.24) is 0 Å². The fraction of sp³-hybridized carbons (Fsp3) is 0.600. The minimum atomic E-state index is 0.0186. The van der Waals surface area contributed by atoms with Gasteiger partial charge in [-0.3, -0.25) is 0 Å². The Bertz CT molecular complexity index is 271. The van der Waals surface area contributed by atoms with Crippen LogP contribution in [0.5, 0.6) is 0 Å². The SMILES string of the molecule is Cc1cc(C2(N)CCCC2)cs1. The molecule has 0 bridgehead atoms. The summed E-state index contributed by atoms with van der Waals surface area (Å²) in [5.74, 6) is 0. The van der Waals surface area contributed by atoms with Gasteiger partial charge >= 0.3 is 0 Å². The van der Waals surface area contributed by atoms with E-state index in [9.17, 15) is 0 Å². The zero-order chi connectivity index (χ0) is 8.60. The van der Waals surface area contributed by atoms with E-state index in [4.69, 9.17) is 5.73 Å². The van der Waals surface area contributed by atoms with Crippen LogP contribution in [0.1, 0.15) is 36.1 Å². The van der Waals surface area contributed by atoms with Gasteiger partial charge in [0.25, 0.3) is 0 Å². The lowest BCUT2D eigenvalue weighted by Gasteiger charge is -2.22. The number of hydrogen-bond acceptors (Lipinski definition) is 2. The van der Waals surface area contributed by atoms with Crippen LogP contribution in [-0.4, -0.2) is 0 Å². The minimum absolute atomic E-state index is 0.0186. The van der Waals surface area contributed by atoms with E-state index >= 15 is 0 Å². The van der Waals surface area contributed by atoms with Gasteiger partial charge in [0.05, 0.1) is 0 Å². The van der Waals surface area contributed by atoms with Crippen LogP contribution in [0.15, 0.2) is 11.4 Å². The first-order valence-corrected chi connectivity index (χ1v) is 5.43. The summed E-state index contributed by atoms with van der Waals surface area (Å²) < 4.78 is 0. The Kier molecular flexibility index (Phi) is 1.97. The highest BCUT2D eigenvalue weighted by Crippen LogP contribution is 2.37. The summed E-state index contributed by atoms with van der Waals surface area (Å²) in [5.41, 5.74) is 7.68. The maximum Gasteiger partial charge on any atom is 0.0418 e. The first-order chi connectivity index (χ1) is 5.71. The molecule has 0 aromatic carbocycles. The number of aryl methyl sites for hydroxylation is 1. The van der Waals surface area contributed by atoms with E-state index in [1.807, 2.05) is 11.3 Å². The highest BCUT2D eigenvalue weighted by Gasteiger charge is 2.31. The van der Waals surface area contributed by atoms with Crippen molar-refractivity contribution in [1.29, 1.82) is 0 Å². The Morgan fingerprint density at radius 3 is 2.58 bits per heavy atom. The lowest BCUT2D eigenvalue weighted by atomic mass is 9.92. The molecule has 1 aliphatic rings. The quantitative estimate of drug-likeness (QED) is 0.708. The molecule has 1 fully saturated rings. The number of hydrogen-bond donors (Lipinski definition) is 1. The predicted molar refractivity (Wildman–Crippen MR) is 53.4 cm³/mol. The van der Waals surface area contributed by atoms with Crippen molar-refractivity contribution >= 4 is 11.3 Å². The zero-order valence-corrected chi connectivity index (χ0v) is 8.29. The summed E-state index contributed by atoms with van der Waals surface area (Å²) in [6.07, 6.45) is 4.93. The summed E-state index contributed by atoms with van der Waals surface area (Å²) in [5, 5.41) is 2.22. The van der Waals surface area contributed by atoms with Crippen molar-refractivity contribution in [3.05, 3.63) is 21.9 Å². The molecule has 0 atom stereocenters. The lowest BCUT2D eigenvalue weighted by molar-refractivity contribution is 0.463. The Labute approximate surface area is 77.6 Å². The molecule has 0 spiro atoms. The standard InChI is InChI=1S/C10H15NS/c1-8-6-9(7-12-8)10(11)4-2-3-5-10/h6-7H,2-5,11H2,1H3. The molecule has 1 aromatic rings. The predicted octanol–water partition coefficient (Wildman–Crippen LogP) is 2.78. The molecule has 66 valence electrons. The van der Waals surface area contributed by atoms with Crippen LogP contribution in [-0.2, 0) is 5.54 Å². The van der Waals surface area contributed by atoms with Crippen molar-refractivity contribution < 1.29 is 0 Å². The summed E-state index contributed by atoms with van der Waals surface area (Å²) in [7, 11) is 0. The van der Waals surface area contributed by atoms with Gasteiger partial charge < -0.3 is 5.73 Å². The van der Waals surface area contributed by atoms with E-state index in [1.54, 1.807) is 0 Å². The molecule has 0 unspecified atom stereocenters. The van der Waals surface area contributed by atoms with Crippen LogP contribution < -0.4 is 5.73 Å². The summed E-state index contributed by atoms with van der Waals surface area (Å²) >= 11 is 1.81. The van der Waals surface area contributed by atoms with E-state index < -0.39 is 0 Å². The molecule has 1 saturated carbocycles. The van der Waals surface area contributed by atoms with Crippen LogP contribution in [0, 0.1) is 6.92 Å². The third-order valence-corrected chi connectivity index (χ3v) is 3.66. The molecule has 1 aromatic heterocycles. The zero-order valence-electron chi connectivity index (χ0n) is 7.47. The van der Waals surface area contributed by atoms with Gasteiger partial charge in [0.2, 0.25) is 0 Å². The molecule has 1 nitrogen and oxygen atoms in total. The monoisotopic (exact) mass is 181 g/mol. The summed E-state index contributed by atoms with van der Waals surface area (Å²) in [6.45, 7) is 2.15. The summed E-state index contributed by atoms with van der Waals surface area (Å²) in [4.78, 5) is 1.38. The van der Waals surface area contributed by atoms with Crippen LogP contribution in [0.4, 0.5) is 0 Å². The largest absolute Gasteiger partial charge is 0.321 e. The second kappa shape index (κ2) is 2.86. The van der Waals surface area contributed by atoms with Crippen LogP contribution in [0.2, 0.25) is 0 Å². The third-order valence-electron chi connectivity index (χ3n) is 2.80. The molecule has 0 saturated heterocycles. The molecule has 2 N–H and O–H groups in total. The first-order valence-electron chi connectivity index (χ1n) is 4.55. The van der Waals surface area contributed by atoms with Crippen LogP contribution in [0.3, 0.4) is 0 Å². The van der Waals surface area contributed by atoms with Gasteiger partial charge in [-0.2, -0.15) is 0 Å². The molecule has 2 rings (SSSR count). The summed E-state index contributed by atoms with van der Waals surface area (Å²) in [6, 6.07) is 2.25. The number of rotatable bonds is 1. The van der Waals surface area contributed by atoms with Gasteiger partial charge in [0.15, 0.2) is 0 Å². The third kappa shape index (κ3) is 1.29. The number of nitrogens with two attached hydrogens (primary N) is 1. The topological polar surface area (TPSA) is 26.0 Å². The van der Waals surface area contributed by atoms with E-state index in [2.05, 4.69) is 18.4 Å². The highest BCUT2D eigenvalue weighted by atomic mass is 32.1. The Hall–Kier alpha value is -0.340. The Balaban J connectivity index is 2.28. The van der Waals surface area contributed by atoms with Crippen molar-refractivity contribution in [2.75, 3.05) is 0 Å². The average Bonchev–Trinajstić information content (AvgIpc) is 2.59. The maximum absolute atomic E-state index is 6.30. The maximum atomic E-state index is 6.30. The van der Waals surface area contributed by atoms with E-state index in [0.717, 1.165) is 0 Å². The van der Waals surface area contributed by atoms with Gasteiger partial charge in [-0.05, 0) is 36.8 Å². The van der Waals surface area contributed by atoms with Crippen molar-refractivity contribution in [2.45, 2.75) is 38.1 Å². The van der Waals surface area contributed by atoms with Gasteiger partial charge in [0, 0.05) is 10.4 Å². The Morgan fingerprint density at radius 2 is 2.08 bits per heavy atom. The lowest BCUT2D eigenvalue weighted by Crippen LogP contribution is -2.32. The van der Waals surface area contributed by atoms with Gasteiger partial charge in [0.1, 0.15) is 0 Å². The fourth-order valence-corrected chi connectivity index (χ4v) is 2.81. The van der Waals surface area contributed by atoms with Crippen molar-refractivity contribution in [2.24, 2.45) is 5.73 Å². The van der Waals surface area contributed by atoms with Crippen LogP contribution in [0.25, 0.3) is 0 Å². The average molecular weight is 181 g/mol. The second-order valence-electron chi connectivity index (χ2n) is 3.81. The molecule has 0 aliphatic heterocycles. The Morgan fingerprint density at radius 1 is 1.42 bits per heavy atom. The minimum Gasteiger partial charge on any atom is -0.321 e. The molecule has 1 heterocycles. The first kappa shape index (κ1) is 8.27.